The predicted octanol–water partition coefficient (Wildman–Crippen LogP) is 1.84. The Morgan fingerprint density at radius 1 is 1.26 bits per heavy atom. The summed E-state index contributed by atoms with van der Waals surface area (Å²) in [5.41, 5.74) is 1.05. The first-order valence-electron chi connectivity index (χ1n) is 6.76. The summed E-state index contributed by atoms with van der Waals surface area (Å²) in [7, 11) is 1.71. The van der Waals surface area contributed by atoms with E-state index in [9.17, 15) is 0 Å². The van der Waals surface area contributed by atoms with Gasteiger partial charge in [-0.15, -0.1) is 0 Å². The smallest absolute Gasteiger partial charge is 0.147 e. The van der Waals surface area contributed by atoms with Gasteiger partial charge >= 0.3 is 0 Å². The summed E-state index contributed by atoms with van der Waals surface area (Å²) >= 11 is 0. The Labute approximate surface area is 116 Å². The monoisotopic (exact) mass is 266 g/mol. The van der Waals surface area contributed by atoms with Crippen LogP contribution in [0.4, 0.5) is 5.82 Å². The Morgan fingerprint density at radius 2 is 2.00 bits per heavy atom. The Morgan fingerprint density at radius 3 is 2.47 bits per heavy atom. The second-order valence-electron chi connectivity index (χ2n) is 5.54. The van der Waals surface area contributed by atoms with Crippen LogP contribution in [-0.2, 0) is 11.3 Å². The number of aromatic nitrogens is 2. The minimum atomic E-state index is 0.0915. The summed E-state index contributed by atoms with van der Waals surface area (Å²) in [6, 6.07) is 0. The van der Waals surface area contributed by atoms with Crippen LogP contribution in [0, 0.1) is 0 Å². The van der Waals surface area contributed by atoms with Crippen molar-refractivity contribution >= 4 is 5.82 Å². The van der Waals surface area contributed by atoms with Gasteiger partial charge in [0.25, 0.3) is 0 Å². The van der Waals surface area contributed by atoms with Crippen LogP contribution in [0.1, 0.15) is 33.4 Å². The first-order valence-corrected chi connectivity index (χ1v) is 6.76. The third-order valence-electron chi connectivity index (χ3n) is 2.76. The van der Waals surface area contributed by atoms with Crippen molar-refractivity contribution in [3.63, 3.8) is 0 Å². The first kappa shape index (κ1) is 15.9. The van der Waals surface area contributed by atoms with Crippen LogP contribution in [0.2, 0.25) is 0 Å². The number of hydrogen-bond acceptors (Lipinski definition) is 5. The molecule has 0 radical (unpaired) electrons. The lowest BCUT2D eigenvalue weighted by Crippen LogP contribution is -2.35. The van der Waals surface area contributed by atoms with E-state index < -0.39 is 0 Å². The Hall–Kier alpha value is -1.20. The van der Waals surface area contributed by atoms with E-state index in [1.54, 1.807) is 7.11 Å². The number of likely N-dealkylation sites (N-methyl/N-ethyl adjacent to an activating group) is 1. The van der Waals surface area contributed by atoms with Crippen LogP contribution in [0.25, 0.3) is 0 Å². The Kier molecular flexibility index (Phi) is 6.18. The minimum absolute atomic E-state index is 0.0915. The Balaban J connectivity index is 2.59. The molecule has 1 N–H and O–H groups in total. The molecular weight excluding hydrogens is 240 g/mol. The van der Waals surface area contributed by atoms with Crippen molar-refractivity contribution in [1.29, 1.82) is 0 Å². The van der Waals surface area contributed by atoms with Crippen molar-refractivity contribution in [3.8, 4) is 0 Å². The zero-order valence-corrected chi connectivity index (χ0v) is 12.7. The second-order valence-corrected chi connectivity index (χ2v) is 5.54. The highest BCUT2D eigenvalue weighted by molar-refractivity contribution is 5.35. The lowest BCUT2D eigenvalue weighted by Gasteiger charge is -2.22. The van der Waals surface area contributed by atoms with Gasteiger partial charge in [-0.3, -0.25) is 4.98 Å². The predicted molar refractivity (Wildman–Crippen MR) is 78.4 cm³/mol. The number of methoxy groups -OCH3 is 1. The van der Waals surface area contributed by atoms with Crippen LogP contribution >= 0.6 is 0 Å². The topological polar surface area (TPSA) is 50.3 Å². The third kappa shape index (κ3) is 5.98. The molecule has 5 nitrogen and oxygen atoms in total. The van der Waals surface area contributed by atoms with Gasteiger partial charge in [0.2, 0.25) is 0 Å². The van der Waals surface area contributed by atoms with Crippen LogP contribution in [0.5, 0.6) is 0 Å². The molecule has 1 heterocycles. The largest absolute Gasteiger partial charge is 0.383 e. The van der Waals surface area contributed by atoms with E-state index in [0.717, 1.165) is 31.1 Å². The van der Waals surface area contributed by atoms with E-state index >= 15 is 0 Å². The van der Waals surface area contributed by atoms with E-state index in [-0.39, 0.29) is 5.54 Å². The lowest BCUT2D eigenvalue weighted by atomic mass is 10.1. The number of hydrogen-bond donors (Lipinski definition) is 1. The molecule has 0 saturated carbocycles. The normalized spacial score (nSPS) is 11.6. The molecule has 0 aromatic carbocycles. The van der Waals surface area contributed by atoms with Crippen LogP contribution < -0.4 is 10.2 Å². The highest BCUT2D eigenvalue weighted by Crippen LogP contribution is 2.09. The van der Waals surface area contributed by atoms with E-state index in [1.165, 1.54) is 0 Å². The van der Waals surface area contributed by atoms with E-state index in [1.807, 2.05) is 12.4 Å². The number of anilines is 1. The lowest BCUT2D eigenvalue weighted by molar-refractivity contribution is 0.205. The molecule has 0 amide bonds. The van der Waals surface area contributed by atoms with Crippen molar-refractivity contribution in [3.05, 3.63) is 18.1 Å². The molecular formula is C14H26N4O. The van der Waals surface area contributed by atoms with Crippen molar-refractivity contribution in [2.45, 2.75) is 39.8 Å². The number of nitrogens with one attached hydrogen (secondary N) is 1. The summed E-state index contributed by atoms with van der Waals surface area (Å²) in [5, 5.41) is 3.40. The van der Waals surface area contributed by atoms with Crippen molar-refractivity contribution in [2.75, 3.05) is 31.7 Å². The molecule has 1 rings (SSSR count). The summed E-state index contributed by atoms with van der Waals surface area (Å²) in [6.07, 6.45) is 3.67. The fraction of sp³-hybridized carbons (Fsp3) is 0.714. The summed E-state index contributed by atoms with van der Waals surface area (Å²) in [6.45, 7) is 11.7. The van der Waals surface area contributed by atoms with E-state index in [4.69, 9.17) is 4.74 Å². The molecule has 0 saturated heterocycles. The molecule has 19 heavy (non-hydrogen) atoms. The maximum absolute atomic E-state index is 5.10. The molecule has 0 fully saturated rings. The summed E-state index contributed by atoms with van der Waals surface area (Å²) in [4.78, 5) is 11.1. The maximum atomic E-state index is 5.10. The summed E-state index contributed by atoms with van der Waals surface area (Å²) < 4.78 is 5.10. The molecule has 0 atom stereocenters. The second kappa shape index (κ2) is 7.40. The molecule has 0 unspecified atom stereocenters. The van der Waals surface area contributed by atoms with Gasteiger partial charge in [-0.25, -0.2) is 4.98 Å². The van der Waals surface area contributed by atoms with Crippen molar-refractivity contribution in [1.82, 2.24) is 15.3 Å². The minimum Gasteiger partial charge on any atom is -0.383 e. The van der Waals surface area contributed by atoms with Gasteiger partial charge in [-0.05, 0) is 27.7 Å². The molecule has 0 aliphatic rings. The van der Waals surface area contributed by atoms with Crippen molar-refractivity contribution in [2.24, 2.45) is 0 Å². The fourth-order valence-corrected chi connectivity index (χ4v) is 1.59. The van der Waals surface area contributed by atoms with Gasteiger partial charge in [-0.1, -0.05) is 0 Å². The number of nitrogens with zero attached hydrogens (tertiary/aromatic N) is 3. The Bertz CT molecular complexity index is 359. The molecule has 5 heteroatoms. The fourth-order valence-electron chi connectivity index (χ4n) is 1.59. The molecule has 1 aromatic heterocycles. The van der Waals surface area contributed by atoms with Crippen LogP contribution in [0.15, 0.2) is 12.4 Å². The standard InChI is InChI=1S/C14H26N4O/c1-6-18(7-8-19-5)13-11-15-12(9-16-13)10-17-14(2,3)4/h9,11,17H,6-8,10H2,1-5H3. The molecule has 0 aliphatic carbocycles. The van der Waals surface area contributed by atoms with Gasteiger partial charge in [0.15, 0.2) is 0 Å². The van der Waals surface area contributed by atoms with Crippen LogP contribution in [-0.4, -0.2) is 42.3 Å². The SMILES string of the molecule is CCN(CCOC)c1cnc(CNC(C)(C)C)cn1. The highest BCUT2D eigenvalue weighted by atomic mass is 16.5. The third-order valence-corrected chi connectivity index (χ3v) is 2.76. The molecule has 0 aliphatic heterocycles. The van der Waals surface area contributed by atoms with Gasteiger partial charge in [0.05, 0.1) is 24.7 Å². The van der Waals surface area contributed by atoms with E-state index in [0.29, 0.717) is 6.61 Å². The number of rotatable bonds is 7. The maximum Gasteiger partial charge on any atom is 0.147 e. The summed E-state index contributed by atoms with van der Waals surface area (Å²) in [5.74, 6) is 0.902. The average Bonchev–Trinajstić information content (AvgIpc) is 2.38. The van der Waals surface area contributed by atoms with Crippen molar-refractivity contribution < 1.29 is 4.74 Å². The molecule has 108 valence electrons. The van der Waals surface area contributed by atoms with Crippen LogP contribution in [0.3, 0.4) is 0 Å². The van der Waals surface area contributed by atoms with Gasteiger partial charge in [-0.2, -0.15) is 0 Å². The van der Waals surface area contributed by atoms with Gasteiger partial charge in [0, 0.05) is 32.3 Å². The zero-order valence-electron chi connectivity index (χ0n) is 12.7. The number of ether oxygens (including phenoxy) is 1. The zero-order chi connectivity index (χ0) is 14.3. The van der Waals surface area contributed by atoms with Gasteiger partial charge < -0.3 is 15.0 Å². The highest BCUT2D eigenvalue weighted by Gasteiger charge is 2.10. The van der Waals surface area contributed by atoms with E-state index in [2.05, 4.69) is 47.9 Å². The first-order chi connectivity index (χ1) is 8.96. The molecule has 0 spiro atoms. The molecule has 0 bridgehead atoms. The average molecular weight is 266 g/mol. The quantitative estimate of drug-likeness (QED) is 0.816. The van der Waals surface area contributed by atoms with Gasteiger partial charge in [0.1, 0.15) is 5.82 Å². The molecule has 1 aromatic rings.